The fourth-order valence-electron chi connectivity index (χ4n) is 2.28. The summed E-state index contributed by atoms with van der Waals surface area (Å²) < 4.78 is 24.6. The van der Waals surface area contributed by atoms with Gasteiger partial charge in [0, 0.05) is 18.2 Å². The van der Waals surface area contributed by atoms with Gasteiger partial charge in [0.1, 0.15) is 0 Å². The SMILES string of the molecule is CN(CCS(=O)(=O)c1ccc(/C(N)=N/O)cc1)C1CCC1. The van der Waals surface area contributed by atoms with Crippen molar-refractivity contribution in [3.05, 3.63) is 29.8 Å². The van der Waals surface area contributed by atoms with Gasteiger partial charge < -0.3 is 15.8 Å². The largest absolute Gasteiger partial charge is 0.409 e. The first-order valence-electron chi connectivity index (χ1n) is 6.95. The van der Waals surface area contributed by atoms with Gasteiger partial charge in [0.25, 0.3) is 0 Å². The van der Waals surface area contributed by atoms with E-state index in [-0.39, 0.29) is 16.5 Å². The molecule has 1 fully saturated rings. The van der Waals surface area contributed by atoms with Gasteiger partial charge in [-0.3, -0.25) is 0 Å². The predicted octanol–water partition coefficient (Wildman–Crippen LogP) is 1.04. The van der Waals surface area contributed by atoms with Crippen LogP contribution in [0, 0.1) is 0 Å². The Balaban J connectivity index is 2.01. The van der Waals surface area contributed by atoms with Crippen molar-refractivity contribution in [1.82, 2.24) is 4.90 Å². The van der Waals surface area contributed by atoms with Crippen molar-refractivity contribution in [2.45, 2.75) is 30.2 Å². The van der Waals surface area contributed by atoms with E-state index in [1.807, 2.05) is 7.05 Å². The monoisotopic (exact) mass is 311 g/mol. The van der Waals surface area contributed by atoms with E-state index in [0.717, 1.165) is 12.8 Å². The summed E-state index contributed by atoms with van der Waals surface area (Å²) >= 11 is 0. The van der Waals surface area contributed by atoms with Crippen LogP contribution < -0.4 is 5.73 Å². The summed E-state index contributed by atoms with van der Waals surface area (Å²) in [6.07, 6.45) is 3.55. The third kappa shape index (κ3) is 3.74. The van der Waals surface area contributed by atoms with E-state index in [4.69, 9.17) is 10.9 Å². The lowest BCUT2D eigenvalue weighted by Crippen LogP contribution is -2.39. The third-order valence-corrected chi connectivity index (χ3v) is 5.74. The van der Waals surface area contributed by atoms with Gasteiger partial charge in [-0.1, -0.05) is 11.6 Å². The van der Waals surface area contributed by atoms with Gasteiger partial charge in [-0.15, -0.1) is 0 Å². The summed E-state index contributed by atoms with van der Waals surface area (Å²) in [5.74, 6) is 0.0618. The Morgan fingerprint density at radius 3 is 2.48 bits per heavy atom. The van der Waals surface area contributed by atoms with Crippen molar-refractivity contribution in [2.75, 3.05) is 19.3 Å². The molecular formula is C14H21N3O3S. The van der Waals surface area contributed by atoms with E-state index < -0.39 is 9.84 Å². The number of hydrogen-bond donors (Lipinski definition) is 2. The number of oxime groups is 1. The summed E-state index contributed by atoms with van der Waals surface area (Å²) in [6.45, 7) is 0.537. The van der Waals surface area contributed by atoms with Crippen LogP contribution in [0.1, 0.15) is 24.8 Å². The van der Waals surface area contributed by atoms with Crippen molar-refractivity contribution in [3.63, 3.8) is 0 Å². The Labute approximate surface area is 125 Å². The van der Waals surface area contributed by atoms with Crippen LogP contribution in [0.25, 0.3) is 0 Å². The average Bonchev–Trinajstić information content (AvgIpc) is 2.43. The van der Waals surface area contributed by atoms with Crippen LogP contribution in [0.3, 0.4) is 0 Å². The van der Waals surface area contributed by atoms with Crippen molar-refractivity contribution in [1.29, 1.82) is 0 Å². The molecule has 0 atom stereocenters. The Morgan fingerprint density at radius 1 is 1.38 bits per heavy atom. The van der Waals surface area contributed by atoms with Gasteiger partial charge in [0.2, 0.25) is 0 Å². The van der Waals surface area contributed by atoms with Gasteiger partial charge in [0.05, 0.1) is 10.6 Å². The molecule has 0 bridgehead atoms. The molecule has 21 heavy (non-hydrogen) atoms. The quantitative estimate of drug-likeness (QED) is 0.354. The van der Waals surface area contributed by atoms with Gasteiger partial charge in [-0.05, 0) is 44.2 Å². The lowest BCUT2D eigenvalue weighted by Gasteiger charge is -2.34. The van der Waals surface area contributed by atoms with Crippen LogP contribution in [-0.4, -0.2) is 49.7 Å². The van der Waals surface area contributed by atoms with Gasteiger partial charge in [-0.25, -0.2) is 8.42 Å². The molecule has 0 heterocycles. The molecule has 0 saturated heterocycles. The lowest BCUT2D eigenvalue weighted by atomic mass is 9.92. The normalized spacial score (nSPS) is 17.0. The van der Waals surface area contributed by atoms with Crippen molar-refractivity contribution >= 4 is 15.7 Å². The molecule has 7 heteroatoms. The standard InChI is InChI=1S/C14H21N3O3S/c1-17(12-3-2-4-12)9-10-21(19,20)13-7-5-11(6-8-13)14(15)16-18/h5-8,12,18H,2-4,9-10H2,1H3,(H2,15,16). The fraction of sp³-hybridized carbons (Fsp3) is 0.500. The molecule has 2 rings (SSSR count). The van der Waals surface area contributed by atoms with Gasteiger partial charge in [0.15, 0.2) is 15.7 Å². The number of nitrogens with zero attached hydrogens (tertiary/aromatic N) is 2. The second-order valence-corrected chi connectivity index (χ2v) is 7.50. The zero-order valence-corrected chi connectivity index (χ0v) is 12.9. The van der Waals surface area contributed by atoms with Crippen molar-refractivity contribution < 1.29 is 13.6 Å². The lowest BCUT2D eigenvalue weighted by molar-refractivity contribution is 0.168. The molecular weight excluding hydrogens is 290 g/mol. The maximum Gasteiger partial charge on any atom is 0.179 e. The number of benzene rings is 1. The molecule has 1 aliphatic carbocycles. The summed E-state index contributed by atoms with van der Waals surface area (Å²) in [5.41, 5.74) is 5.94. The molecule has 1 saturated carbocycles. The average molecular weight is 311 g/mol. The Hall–Kier alpha value is -1.60. The van der Waals surface area contributed by atoms with Crippen molar-refractivity contribution in [3.8, 4) is 0 Å². The fourth-order valence-corrected chi connectivity index (χ4v) is 3.60. The van der Waals surface area contributed by atoms with Gasteiger partial charge in [-0.2, -0.15) is 0 Å². The van der Waals surface area contributed by atoms with Crippen LogP contribution >= 0.6 is 0 Å². The maximum absolute atomic E-state index is 12.3. The highest BCUT2D eigenvalue weighted by molar-refractivity contribution is 7.91. The number of nitrogens with two attached hydrogens (primary N) is 1. The Kier molecular flexibility index (Phi) is 4.84. The summed E-state index contributed by atoms with van der Waals surface area (Å²) in [6, 6.07) is 6.59. The highest BCUT2D eigenvalue weighted by Crippen LogP contribution is 2.23. The predicted molar refractivity (Wildman–Crippen MR) is 81.3 cm³/mol. The minimum Gasteiger partial charge on any atom is -0.409 e. The third-order valence-electron chi connectivity index (χ3n) is 4.03. The first-order valence-corrected chi connectivity index (χ1v) is 8.60. The van der Waals surface area contributed by atoms with Crippen LogP contribution in [0.15, 0.2) is 34.3 Å². The minimum atomic E-state index is -3.31. The van der Waals surface area contributed by atoms with Crippen LogP contribution in [0.5, 0.6) is 0 Å². The molecule has 0 aromatic heterocycles. The molecule has 116 valence electrons. The van der Waals surface area contributed by atoms with E-state index in [9.17, 15) is 8.42 Å². The number of rotatable bonds is 6. The molecule has 1 aliphatic rings. The molecule has 0 unspecified atom stereocenters. The molecule has 0 spiro atoms. The molecule has 3 N–H and O–H groups in total. The smallest absolute Gasteiger partial charge is 0.179 e. The van der Waals surface area contributed by atoms with Gasteiger partial charge >= 0.3 is 0 Å². The minimum absolute atomic E-state index is 0.0383. The summed E-state index contributed by atoms with van der Waals surface area (Å²) in [4.78, 5) is 2.38. The van der Waals surface area contributed by atoms with E-state index in [2.05, 4.69) is 10.1 Å². The molecule has 6 nitrogen and oxygen atoms in total. The first kappa shape index (κ1) is 15.8. The van der Waals surface area contributed by atoms with Crippen molar-refractivity contribution in [2.24, 2.45) is 10.9 Å². The second-order valence-electron chi connectivity index (χ2n) is 5.39. The zero-order chi connectivity index (χ0) is 15.5. The second kappa shape index (κ2) is 6.44. The van der Waals surface area contributed by atoms with Crippen LogP contribution in [0.4, 0.5) is 0 Å². The summed E-state index contributed by atoms with van der Waals surface area (Å²) in [7, 11) is -1.33. The van der Waals surface area contributed by atoms with Crippen LogP contribution in [0.2, 0.25) is 0 Å². The van der Waals surface area contributed by atoms with E-state index in [0.29, 0.717) is 18.2 Å². The number of sulfone groups is 1. The van der Waals surface area contributed by atoms with E-state index in [1.54, 1.807) is 0 Å². The van der Waals surface area contributed by atoms with Crippen LogP contribution in [-0.2, 0) is 9.84 Å². The molecule has 1 aromatic carbocycles. The highest BCUT2D eigenvalue weighted by Gasteiger charge is 2.23. The molecule has 1 aromatic rings. The molecule has 0 amide bonds. The number of hydrogen-bond acceptors (Lipinski definition) is 5. The summed E-state index contributed by atoms with van der Waals surface area (Å²) in [5, 5.41) is 11.5. The van der Waals surface area contributed by atoms with E-state index in [1.165, 1.54) is 30.7 Å². The van der Waals surface area contributed by atoms with E-state index >= 15 is 0 Å². The zero-order valence-electron chi connectivity index (χ0n) is 12.1. The maximum atomic E-state index is 12.3. The Morgan fingerprint density at radius 2 is 2.00 bits per heavy atom. The Bertz CT molecular complexity index is 607. The highest BCUT2D eigenvalue weighted by atomic mass is 32.2. The first-order chi connectivity index (χ1) is 9.94. The number of amidine groups is 1. The molecule has 0 radical (unpaired) electrons. The molecule has 0 aliphatic heterocycles. The topological polar surface area (TPSA) is 96.0 Å².